The molecule has 0 saturated carbocycles. The van der Waals surface area contributed by atoms with E-state index >= 15 is 0 Å². The minimum absolute atomic E-state index is 0.153. The highest BCUT2D eigenvalue weighted by Crippen LogP contribution is 2.29. The Balaban J connectivity index is 1.81. The number of halogens is 4. The Bertz CT molecular complexity index is 672. The molecule has 0 atom stereocenters. The van der Waals surface area contributed by atoms with Crippen LogP contribution >= 0.6 is 11.6 Å². The van der Waals surface area contributed by atoms with Crippen LogP contribution in [-0.2, 0) is 6.18 Å². The number of nitrogens with one attached hydrogen (secondary N) is 1. The number of amides is 1. The zero-order valence-corrected chi connectivity index (χ0v) is 12.6. The van der Waals surface area contributed by atoms with Crippen molar-refractivity contribution in [2.45, 2.75) is 6.18 Å². The van der Waals surface area contributed by atoms with Crippen LogP contribution in [0.1, 0.15) is 15.9 Å². The van der Waals surface area contributed by atoms with Crippen LogP contribution < -0.4 is 10.1 Å². The number of rotatable bonds is 5. The summed E-state index contributed by atoms with van der Waals surface area (Å²) >= 11 is 5.80. The SMILES string of the molecule is O=C(NCCOc1cccc(Cl)c1)c1ccc(C(F)(F)F)cc1. The van der Waals surface area contributed by atoms with Gasteiger partial charge in [0.05, 0.1) is 12.1 Å². The lowest BCUT2D eigenvalue weighted by Gasteiger charge is -2.09. The fourth-order valence-corrected chi connectivity index (χ4v) is 1.98. The van der Waals surface area contributed by atoms with Gasteiger partial charge in [-0.1, -0.05) is 17.7 Å². The topological polar surface area (TPSA) is 38.3 Å². The smallest absolute Gasteiger partial charge is 0.416 e. The van der Waals surface area contributed by atoms with Crippen molar-refractivity contribution in [1.82, 2.24) is 5.32 Å². The third-order valence-electron chi connectivity index (χ3n) is 2.93. The first-order valence-corrected chi connectivity index (χ1v) is 7.08. The second kappa shape index (κ2) is 7.37. The first kappa shape index (κ1) is 17.1. The molecule has 1 amide bonds. The molecule has 0 heterocycles. The molecule has 0 spiro atoms. The number of carbonyl (C=O) groups is 1. The van der Waals surface area contributed by atoms with Gasteiger partial charge in [0.25, 0.3) is 5.91 Å². The van der Waals surface area contributed by atoms with Gasteiger partial charge >= 0.3 is 6.18 Å². The Kier molecular flexibility index (Phi) is 5.50. The number of ether oxygens (including phenoxy) is 1. The Morgan fingerprint density at radius 3 is 2.43 bits per heavy atom. The van der Waals surface area contributed by atoms with Crippen LogP contribution in [0.4, 0.5) is 13.2 Å². The highest BCUT2D eigenvalue weighted by Gasteiger charge is 2.30. The summed E-state index contributed by atoms with van der Waals surface area (Å²) in [6.45, 7) is 0.430. The highest BCUT2D eigenvalue weighted by atomic mass is 35.5. The molecule has 0 aliphatic heterocycles. The lowest BCUT2D eigenvalue weighted by molar-refractivity contribution is -0.137. The summed E-state index contributed by atoms with van der Waals surface area (Å²) in [6.07, 6.45) is -4.42. The van der Waals surface area contributed by atoms with Crippen molar-refractivity contribution in [3.05, 3.63) is 64.7 Å². The zero-order chi connectivity index (χ0) is 16.9. The molecular weight excluding hydrogens is 331 g/mol. The van der Waals surface area contributed by atoms with Gasteiger partial charge in [0.1, 0.15) is 12.4 Å². The average molecular weight is 344 g/mol. The highest BCUT2D eigenvalue weighted by molar-refractivity contribution is 6.30. The van der Waals surface area contributed by atoms with Crippen LogP contribution in [-0.4, -0.2) is 19.1 Å². The Hall–Kier alpha value is -2.21. The molecule has 0 aliphatic carbocycles. The maximum atomic E-state index is 12.4. The van der Waals surface area contributed by atoms with Crippen molar-refractivity contribution in [2.24, 2.45) is 0 Å². The van der Waals surface area contributed by atoms with Crippen LogP contribution in [0.15, 0.2) is 48.5 Å². The average Bonchev–Trinajstić information content (AvgIpc) is 2.51. The molecule has 0 fully saturated rings. The summed E-state index contributed by atoms with van der Waals surface area (Å²) in [5.74, 6) is 0.106. The van der Waals surface area contributed by atoms with Gasteiger partial charge in [-0.15, -0.1) is 0 Å². The standard InChI is InChI=1S/C16H13ClF3NO2/c17-13-2-1-3-14(10-13)23-9-8-21-15(22)11-4-6-12(7-5-11)16(18,19)20/h1-7,10H,8-9H2,(H,21,22). The zero-order valence-electron chi connectivity index (χ0n) is 11.9. The largest absolute Gasteiger partial charge is 0.492 e. The molecule has 23 heavy (non-hydrogen) atoms. The Morgan fingerprint density at radius 1 is 1.13 bits per heavy atom. The van der Waals surface area contributed by atoms with E-state index in [0.717, 1.165) is 24.3 Å². The molecular formula is C16H13ClF3NO2. The molecule has 7 heteroatoms. The van der Waals surface area contributed by atoms with Gasteiger partial charge in [-0.05, 0) is 42.5 Å². The maximum Gasteiger partial charge on any atom is 0.416 e. The quantitative estimate of drug-likeness (QED) is 0.828. The van der Waals surface area contributed by atoms with Crippen LogP contribution in [0, 0.1) is 0 Å². The van der Waals surface area contributed by atoms with Crippen LogP contribution in [0.3, 0.4) is 0 Å². The summed E-state index contributed by atoms with van der Waals surface area (Å²) in [6, 6.07) is 10.8. The van der Waals surface area contributed by atoms with Gasteiger partial charge in [-0.25, -0.2) is 0 Å². The minimum atomic E-state index is -4.42. The number of benzene rings is 2. The van der Waals surface area contributed by atoms with E-state index < -0.39 is 17.6 Å². The molecule has 2 rings (SSSR count). The molecule has 0 radical (unpaired) electrons. The van der Waals surface area contributed by atoms with E-state index in [1.165, 1.54) is 0 Å². The first-order valence-electron chi connectivity index (χ1n) is 6.70. The minimum Gasteiger partial charge on any atom is -0.492 e. The normalized spacial score (nSPS) is 11.1. The third-order valence-corrected chi connectivity index (χ3v) is 3.16. The van der Waals surface area contributed by atoms with Crippen molar-refractivity contribution >= 4 is 17.5 Å². The van der Waals surface area contributed by atoms with Crippen molar-refractivity contribution in [2.75, 3.05) is 13.2 Å². The van der Waals surface area contributed by atoms with Crippen LogP contribution in [0.25, 0.3) is 0 Å². The number of hydrogen-bond donors (Lipinski definition) is 1. The van der Waals surface area contributed by atoms with Crippen molar-refractivity contribution in [3.63, 3.8) is 0 Å². The molecule has 0 aromatic heterocycles. The van der Waals surface area contributed by atoms with Crippen molar-refractivity contribution in [3.8, 4) is 5.75 Å². The summed E-state index contributed by atoms with van der Waals surface area (Å²) in [4.78, 5) is 11.8. The lowest BCUT2D eigenvalue weighted by Crippen LogP contribution is -2.28. The summed E-state index contributed by atoms with van der Waals surface area (Å²) < 4.78 is 42.7. The fraction of sp³-hybridized carbons (Fsp3) is 0.188. The maximum absolute atomic E-state index is 12.4. The second-order valence-corrected chi connectivity index (χ2v) is 5.07. The fourth-order valence-electron chi connectivity index (χ4n) is 1.80. The van der Waals surface area contributed by atoms with Gasteiger partial charge in [-0.3, -0.25) is 4.79 Å². The predicted molar refractivity (Wildman–Crippen MR) is 80.7 cm³/mol. The van der Waals surface area contributed by atoms with Gasteiger partial charge in [0, 0.05) is 10.6 Å². The van der Waals surface area contributed by atoms with Crippen LogP contribution in [0.5, 0.6) is 5.75 Å². The van der Waals surface area contributed by atoms with E-state index in [1.807, 2.05) is 0 Å². The molecule has 3 nitrogen and oxygen atoms in total. The van der Waals surface area contributed by atoms with Gasteiger partial charge < -0.3 is 10.1 Å². The van der Waals surface area contributed by atoms with E-state index in [-0.39, 0.29) is 18.7 Å². The molecule has 0 bridgehead atoms. The van der Waals surface area contributed by atoms with E-state index in [2.05, 4.69) is 5.32 Å². The Labute approximate surface area is 136 Å². The van der Waals surface area contributed by atoms with Crippen molar-refractivity contribution in [1.29, 1.82) is 0 Å². The van der Waals surface area contributed by atoms with E-state index in [9.17, 15) is 18.0 Å². The van der Waals surface area contributed by atoms with Crippen molar-refractivity contribution < 1.29 is 22.7 Å². The van der Waals surface area contributed by atoms with E-state index in [4.69, 9.17) is 16.3 Å². The summed E-state index contributed by atoms with van der Waals surface area (Å²) in [5, 5.41) is 3.10. The number of alkyl halides is 3. The first-order chi connectivity index (χ1) is 10.9. The van der Waals surface area contributed by atoms with Crippen LogP contribution in [0.2, 0.25) is 5.02 Å². The molecule has 2 aromatic carbocycles. The number of hydrogen-bond acceptors (Lipinski definition) is 2. The number of carbonyl (C=O) groups excluding carboxylic acids is 1. The van der Waals surface area contributed by atoms with Gasteiger partial charge in [0.2, 0.25) is 0 Å². The predicted octanol–water partition coefficient (Wildman–Crippen LogP) is 4.17. The molecule has 2 aromatic rings. The molecule has 0 unspecified atom stereocenters. The summed E-state index contributed by atoms with van der Waals surface area (Å²) in [5.41, 5.74) is -0.640. The molecule has 122 valence electrons. The third kappa shape index (κ3) is 5.17. The lowest BCUT2D eigenvalue weighted by atomic mass is 10.1. The second-order valence-electron chi connectivity index (χ2n) is 4.64. The van der Waals surface area contributed by atoms with Gasteiger partial charge in [-0.2, -0.15) is 13.2 Å². The van der Waals surface area contributed by atoms with Gasteiger partial charge in [0.15, 0.2) is 0 Å². The molecule has 1 N–H and O–H groups in total. The van der Waals surface area contributed by atoms with E-state index in [1.54, 1.807) is 24.3 Å². The van der Waals surface area contributed by atoms with E-state index in [0.29, 0.717) is 10.8 Å². The molecule has 0 aliphatic rings. The monoisotopic (exact) mass is 343 g/mol. The molecule has 0 saturated heterocycles. The Morgan fingerprint density at radius 2 is 1.83 bits per heavy atom. The summed E-state index contributed by atoms with van der Waals surface area (Å²) in [7, 11) is 0.